The number of amides is 1. The van der Waals surface area contributed by atoms with Crippen molar-refractivity contribution in [1.82, 2.24) is 4.68 Å². The Bertz CT molecular complexity index is 764. The third-order valence-electron chi connectivity index (χ3n) is 3.99. The van der Waals surface area contributed by atoms with Crippen LogP contribution in [-0.2, 0) is 55.8 Å². The van der Waals surface area contributed by atoms with Gasteiger partial charge >= 0.3 is 11.7 Å². The fourth-order valence-corrected chi connectivity index (χ4v) is 2.69. The number of rotatable bonds is 5. The van der Waals surface area contributed by atoms with Crippen molar-refractivity contribution in [1.29, 1.82) is 0 Å². The molecule has 0 fully saturated rings. The molecule has 1 heterocycles. The van der Waals surface area contributed by atoms with Gasteiger partial charge in [0.05, 0.1) is 12.3 Å². The second-order valence-electron chi connectivity index (χ2n) is 5.79. The third-order valence-corrected chi connectivity index (χ3v) is 3.99. The van der Waals surface area contributed by atoms with Crippen molar-refractivity contribution in [2.45, 2.75) is 34.2 Å². The van der Waals surface area contributed by atoms with E-state index in [9.17, 15) is 9.59 Å². The van der Waals surface area contributed by atoms with Crippen molar-refractivity contribution in [3.63, 3.8) is 0 Å². The van der Waals surface area contributed by atoms with Crippen LogP contribution < -0.4 is 10.00 Å². The Kier molecular flexibility index (Phi) is 7.96. The predicted octanol–water partition coefficient (Wildman–Crippen LogP) is 2.05. The van der Waals surface area contributed by atoms with Crippen LogP contribution in [-0.4, -0.2) is 23.2 Å². The predicted molar refractivity (Wildman–Crippen MR) is 90.8 cm³/mol. The van der Waals surface area contributed by atoms with Crippen LogP contribution in [0.15, 0.2) is 24.3 Å². The fraction of sp³-hybridized carbons (Fsp3) is 0.389. The zero-order chi connectivity index (χ0) is 17.9. The minimum absolute atomic E-state index is 0. The maximum Gasteiger partial charge on any atom is 0.406 e. The van der Waals surface area contributed by atoms with E-state index in [0.29, 0.717) is 12.3 Å². The molecule has 0 aliphatic heterocycles. The average molecular weight is 419 g/mol. The monoisotopic (exact) mass is 419 g/mol. The van der Waals surface area contributed by atoms with Crippen LogP contribution in [0.25, 0.3) is 0 Å². The summed E-state index contributed by atoms with van der Waals surface area (Å²) < 4.78 is 8.43. The maximum absolute atomic E-state index is 12.4. The minimum Gasteiger partial charge on any atom is -0.458 e. The number of aryl methyl sites for hydroxylation is 3. The first-order valence-electron chi connectivity index (χ1n) is 7.94. The number of aromatic nitrogens is 2. The number of esters is 1. The van der Waals surface area contributed by atoms with Crippen LogP contribution in [0.3, 0.4) is 0 Å². The summed E-state index contributed by atoms with van der Waals surface area (Å²) in [4.78, 5) is 24.4. The smallest absolute Gasteiger partial charge is 0.406 e. The summed E-state index contributed by atoms with van der Waals surface area (Å²) in [7, 11) is 1.74. The van der Waals surface area contributed by atoms with E-state index in [1.807, 2.05) is 39.0 Å². The molecule has 0 unspecified atom stereocenters. The number of ether oxygens (including phenoxy) is 1. The molecule has 0 spiro atoms. The van der Waals surface area contributed by atoms with Crippen molar-refractivity contribution in [2.24, 2.45) is 7.05 Å². The number of hydrogen-bond donors (Lipinski definition) is 1. The van der Waals surface area contributed by atoms with Gasteiger partial charge in [-0.1, -0.05) is 18.2 Å². The summed E-state index contributed by atoms with van der Waals surface area (Å²) in [5.74, 6) is -0.533. The molecular formula is C18H24N3O3Y+. The topological polar surface area (TPSA) is 64.2 Å². The number of carbonyl (C=O) groups is 2. The first kappa shape index (κ1) is 21.5. The molecule has 0 aliphatic rings. The number of nitrogens with one attached hydrogen (secondary N) is 1. The molecule has 1 N–H and O–H groups in total. The second kappa shape index (κ2) is 9.25. The Balaban J connectivity index is 0.00000312. The molecular weight excluding hydrogens is 395 g/mol. The van der Waals surface area contributed by atoms with Gasteiger partial charge in [-0.05, 0) is 38.8 Å². The van der Waals surface area contributed by atoms with Gasteiger partial charge in [0.15, 0.2) is 13.6 Å². The van der Waals surface area contributed by atoms with Gasteiger partial charge in [0, 0.05) is 44.5 Å². The van der Waals surface area contributed by atoms with Gasteiger partial charge in [-0.25, -0.2) is 4.79 Å². The number of carbonyl (C=O) groups excluding carboxylic acids is 2. The molecule has 0 saturated carbocycles. The molecule has 6 nitrogen and oxygen atoms in total. The quantitative estimate of drug-likeness (QED) is 0.596. The Morgan fingerprint density at radius 3 is 2.36 bits per heavy atom. The Hall–Kier alpha value is -1.53. The number of hydrogen-bond acceptors (Lipinski definition) is 3. The van der Waals surface area contributed by atoms with E-state index >= 15 is 0 Å². The van der Waals surface area contributed by atoms with Crippen LogP contribution >= 0.6 is 0 Å². The van der Waals surface area contributed by atoms with Gasteiger partial charge in [-0.3, -0.25) is 4.79 Å². The van der Waals surface area contributed by atoms with Gasteiger partial charge in [-0.2, -0.15) is 0 Å². The fourth-order valence-electron chi connectivity index (χ4n) is 2.69. The molecule has 1 amide bonds. The summed E-state index contributed by atoms with van der Waals surface area (Å²) in [6.45, 7) is 7.98. The van der Waals surface area contributed by atoms with Crippen LogP contribution in [0.2, 0.25) is 0 Å². The zero-order valence-corrected chi connectivity index (χ0v) is 18.3. The van der Waals surface area contributed by atoms with Crippen molar-refractivity contribution in [2.75, 3.05) is 11.9 Å². The largest absolute Gasteiger partial charge is 0.458 e. The van der Waals surface area contributed by atoms with E-state index in [4.69, 9.17) is 4.74 Å². The van der Waals surface area contributed by atoms with Crippen molar-refractivity contribution in [3.8, 4) is 0 Å². The molecule has 0 bridgehead atoms. The van der Waals surface area contributed by atoms with Crippen molar-refractivity contribution >= 4 is 17.6 Å². The first-order chi connectivity index (χ1) is 11.3. The van der Waals surface area contributed by atoms with Crippen molar-refractivity contribution < 1.29 is 51.7 Å². The van der Waals surface area contributed by atoms with Crippen molar-refractivity contribution in [3.05, 3.63) is 46.8 Å². The summed E-state index contributed by atoms with van der Waals surface area (Å²) in [5.41, 5.74) is 4.11. The molecule has 0 atom stereocenters. The third kappa shape index (κ3) is 4.98. The normalized spacial score (nSPS) is 10.1. The average Bonchev–Trinajstić information content (AvgIpc) is 2.79. The van der Waals surface area contributed by atoms with E-state index in [1.165, 1.54) is 0 Å². The first-order valence-corrected chi connectivity index (χ1v) is 7.94. The zero-order valence-electron chi connectivity index (χ0n) is 15.4. The van der Waals surface area contributed by atoms with Gasteiger partial charge in [0.1, 0.15) is 0 Å². The number of anilines is 1. The Labute approximate surface area is 173 Å². The van der Waals surface area contributed by atoms with Crippen LogP contribution in [0.1, 0.15) is 34.2 Å². The standard InChI is InChI=1S/C18H23N3O3.Y/c1-6-24-18(23)15-10-14(4)21(20(15)5)11-16(22)19-17-12(2)8-7-9-13(17)3;/h7-10H,6,11H2,1-5H3;/p+1. The molecule has 25 heavy (non-hydrogen) atoms. The molecule has 131 valence electrons. The number of para-hydroxylation sites is 1. The summed E-state index contributed by atoms with van der Waals surface area (Å²) in [6.07, 6.45) is 0. The molecule has 0 aliphatic carbocycles. The maximum atomic E-state index is 12.4. The minimum atomic E-state index is -0.392. The van der Waals surface area contributed by atoms with E-state index in [1.54, 1.807) is 29.4 Å². The van der Waals surface area contributed by atoms with Crippen LogP contribution in [0.4, 0.5) is 5.69 Å². The molecule has 2 rings (SSSR count). The van der Waals surface area contributed by atoms with E-state index < -0.39 is 5.97 Å². The van der Waals surface area contributed by atoms with Gasteiger partial charge in [0.25, 0.3) is 0 Å². The molecule has 2 aromatic rings. The van der Waals surface area contributed by atoms with Gasteiger partial charge in [0.2, 0.25) is 5.91 Å². The summed E-state index contributed by atoms with van der Waals surface area (Å²) in [6, 6.07) is 7.61. The SMILES string of the molecule is CCOC(=O)c1cc(C)n(CC(=O)Nc2c(C)cccc2C)[n+]1C.[Y]. The molecule has 1 aromatic carbocycles. The Morgan fingerprint density at radius 1 is 1.20 bits per heavy atom. The van der Waals surface area contributed by atoms with E-state index in [2.05, 4.69) is 5.32 Å². The Morgan fingerprint density at radius 2 is 1.80 bits per heavy atom. The van der Waals surface area contributed by atoms with Crippen LogP contribution in [0, 0.1) is 20.8 Å². The number of nitrogens with zero attached hydrogens (tertiary/aromatic N) is 2. The molecule has 0 saturated heterocycles. The molecule has 1 radical (unpaired) electrons. The summed E-state index contributed by atoms with van der Waals surface area (Å²) in [5, 5.41) is 2.96. The molecule has 7 heteroatoms. The van der Waals surface area contributed by atoms with Crippen LogP contribution in [0.5, 0.6) is 0 Å². The number of benzene rings is 1. The van der Waals surface area contributed by atoms with E-state index in [0.717, 1.165) is 22.5 Å². The van der Waals surface area contributed by atoms with Gasteiger partial charge < -0.3 is 10.1 Å². The molecule has 1 aromatic heterocycles. The van der Waals surface area contributed by atoms with E-state index in [-0.39, 0.29) is 45.2 Å². The van der Waals surface area contributed by atoms with Gasteiger partial charge in [-0.15, -0.1) is 9.36 Å². The second-order valence-corrected chi connectivity index (χ2v) is 5.79. The summed E-state index contributed by atoms with van der Waals surface area (Å²) >= 11 is 0.